The minimum Gasteiger partial charge on any atom is -0.497 e. The fraction of sp³-hybridized carbons (Fsp3) is 0.317. The zero-order valence-corrected chi connectivity index (χ0v) is 33.5. The van der Waals surface area contributed by atoms with Gasteiger partial charge in [-0.2, -0.15) is 26.3 Å². The fourth-order valence-corrected chi connectivity index (χ4v) is 7.54. The lowest BCUT2D eigenvalue weighted by Crippen LogP contribution is -2.48. The molecule has 64 heavy (non-hydrogen) atoms. The summed E-state index contributed by atoms with van der Waals surface area (Å²) in [6.07, 6.45) is -6.86. The van der Waals surface area contributed by atoms with Gasteiger partial charge in [-0.1, -0.05) is 6.07 Å². The summed E-state index contributed by atoms with van der Waals surface area (Å²) < 4.78 is 70.8. The van der Waals surface area contributed by atoms with Crippen LogP contribution in [0.2, 0.25) is 0 Å². The number of nitro groups is 1. The summed E-state index contributed by atoms with van der Waals surface area (Å²) in [6, 6.07) is 17.1. The molecule has 0 aliphatic carbocycles. The molecule has 8 rings (SSSR count). The minimum absolute atomic E-state index is 0.0430. The van der Waals surface area contributed by atoms with Gasteiger partial charge >= 0.3 is 24.3 Å². The summed E-state index contributed by atoms with van der Waals surface area (Å²) in [4.78, 5) is 79.7. The van der Waals surface area contributed by atoms with Crippen molar-refractivity contribution in [2.24, 2.45) is 0 Å². The highest BCUT2D eigenvalue weighted by Crippen LogP contribution is 2.35. The highest BCUT2D eigenvalue weighted by atomic mass is 19.4. The van der Waals surface area contributed by atoms with Gasteiger partial charge in [0.1, 0.15) is 12.1 Å². The Balaban J connectivity index is 0.000000422. The maximum Gasteiger partial charge on any atom is 0.490 e. The number of nitrogens with one attached hydrogen (secondary N) is 1. The number of nitro benzene ring substituents is 1. The molecule has 0 unspecified atom stereocenters. The molecule has 0 spiro atoms. The standard InChI is InChI=1S/C37H35N7O6.2C2HF3O2/c1-50-23-7-11-30-27(21-23)35(45)33-28(9-10-29-34(33)43(30)22-39-29)38-13-3-14-40-17-19-41(20-18-40)15-4-16-42-36(46)25-6-2-5-24-31(44(48)49)12-8-26(32(24)25)37(42)47;2*3-2(4,5)1(6)7/h2,5-12,21-22,38H,3-4,13-20H2,1H3;2*(H,6,7). The molecule has 3 N–H and O–H groups in total. The number of aromatic nitrogens is 2. The lowest BCUT2D eigenvalue weighted by Gasteiger charge is -2.35. The van der Waals surface area contributed by atoms with Crippen LogP contribution in [0.1, 0.15) is 33.6 Å². The van der Waals surface area contributed by atoms with E-state index < -0.39 is 41.0 Å². The molecule has 2 aromatic heterocycles. The van der Waals surface area contributed by atoms with E-state index >= 15 is 0 Å². The van der Waals surface area contributed by atoms with Crippen LogP contribution >= 0.6 is 0 Å². The summed E-state index contributed by atoms with van der Waals surface area (Å²) in [6.45, 7) is 6.30. The van der Waals surface area contributed by atoms with Crippen molar-refractivity contribution in [2.45, 2.75) is 25.2 Å². The Morgan fingerprint density at radius 2 is 1.39 bits per heavy atom. The molecule has 1 fully saturated rings. The van der Waals surface area contributed by atoms with Crippen molar-refractivity contribution < 1.29 is 65.4 Å². The number of carboxylic acids is 2. The van der Waals surface area contributed by atoms with Crippen LogP contribution in [0.15, 0.2) is 71.8 Å². The van der Waals surface area contributed by atoms with Crippen molar-refractivity contribution in [3.63, 3.8) is 0 Å². The Labute approximate surface area is 356 Å². The maximum atomic E-state index is 13.7. The second-order valence-corrected chi connectivity index (χ2v) is 14.5. The van der Waals surface area contributed by atoms with E-state index in [1.54, 1.807) is 37.7 Å². The number of imide groups is 1. The number of piperazine rings is 1. The Bertz CT molecular complexity index is 2780. The second-order valence-electron chi connectivity index (χ2n) is 14.5. The van der Waals surface area contributed by atoms with E-state index in [2.05, 4.69) is 20.1 Å². The molecule has 4 aromatic carbocycles. The number of hydrogen-bond acceptors (Lipinski definition) is 12. The van der Waals surface area contributed by atoms with Gasteiger partial charge in [0.2, 0.25) is 0 Å². The minimum atomic E-state index is -5.08. The molecule has 17 nitrogen and oxygen atoms in total. The van der Waals surface area contributed by atoms with E-state index in [9.17, 15) is 50.8 Å². The highest BCUT2D eigenvalue weighted by Gasteiger charge is 2.39. The molecule has 0 radical (unpaired) electrons. The number of hydrogen-bond donors (Lipinski definition) is 3. The first kappa shape index (κ1) is 46.4. The Morgan fingerprint density at radius 1 is 0.797 bits per heavy atom. The van der Waals surface area contributed by atoms with Crippen molar-refractivity contribution in [1.82, 2.24) is 24.1 Å². The highest BCUT2D eigenvalue weighted by molar-refractivity contribution is 6.26. The van der Waals surface area contributed by atoms with E-state index in [1.165, 1.54) is 17.0 Å². The van der Waals surface area contributed by atoms with Crippen molar-refractivity contribution in [3.05, 3.63) is 98.5 Å². The number of carboxylic acid groups (broad SMARTS) is 2. The number of imidazole rings is 1. The van der Waals surface area contributed by atoms with Crippen molar-refractivity contribution in [1.29, 1.82) is 0 Å². The van der Waals surface area contributed by atoms with Crippen LogP contribution in [0.4, 0.5) is 37.7 Å². The first-order valence-corrected chi connectivity index (χ1v) is 19.3. The number of fused-ring (bicyclic) bond motifs is 2. The predicted octanol–water partition coefficient (Wildman–Crippen LogP) is 5.88. The number of pyridine rings is 1. The SMILES string of the molecule is COc1ccc2c(c1)c(=O)c1c(NCCCN3CCN(CCCN4C(=O)c5cccc6c([N+](=O)[O-])ccc(c56)C4=O)CC3)ccc3ncn2c31.O=C(O)C(F)(F)F.O=C(O)C(F)(F)F. The third-order valence-electron chi connectivity index (χ3n) is 10.6. The number of aliphatic carboxylic acids is 2. The van der Waals surface area contributed by atoms with Gasteiger partial charge in [-0.3, -0.25) is 33.8 Å². The van der Waals surface area contributed by atoms with Gasteiger partial charge in [-0.05, 0) is 74.5 Å². The number of rotatable bonds is 11. The van der Waals surface area contributed by atoms with Gasteiger partial charge in [0, 0.05) is 67.5 Å². The van der Waals surface area contributed by atoms with E-state index in [-0.39, 0.29) is 17.7 Å². The van der Waals surface area contributed by atoms with Gasteiger partial charge in [0.05, 0.1) is 44.7 Å². The summed E-state index contributed by atoms with van der Waals surface area (Å²) >= 11 is 0. The average molecular weight is 902 g/mol. The Hall–Kier alpha value is -7.14. The van der Waals surface area contributed by atoms with Crippen LogP contribution in [-0.4, -0.2) is 135 Å². The first-order chi connectivity index (χ1) is 30.2. The molecular weight excluding hydrogens is 864 g/mol. The quantitative estimate of drug-likeness (QED) is 0.0346. The number of halogens is 6. The van der Waals surface area contributed by atoms with E-state index in [1.807, 2.05) is 28.7 Å². The fourth-order valence-electron chi connectivity index (χ4n) is 7.54. The summed E-state index contributed by atoms with van der Waals surface area (Å²) in [7, 11) is 1.59. The first-order valence-electron chi connectivity index (χ1n) is 19.3. The molecule has 23 heteroatoms. The molecule has 0 bridgehead atoms. The predicted molar refractivity (Wildman–Crippen MR) is 218 cm³/mol. The van der Waals surface area contributed by atoms with Gasteiger partial charge < -0.3 is 30.1 Å². The molecule has 2 aliphatic heterocycles. The average Bonchev–Trinajstić information content (AvgIpc) is 3.69. The van der Waals surface area contributed by atoms with E-state index in [4.69, 9.17) is 24.5 Å². The van der Waals surface area contributed by atoms with Crippen LogP contribution < -0.4 is 15.5 Å². The summed E-state index contributed by atoms with van der Waals surface area (Å²) in [5.41, 5.74) is 3.69. The summed E-state index contributed by atoms with van der Waals surface area (Å²) in [5, 5.41) is 31.2. The smallest absolute Gasteiger partial charge is 0.490 e. The molecule has 2 aliphatic rings. The lowest BCUT2D eigenvalue weighted by atomic mass is 9.93. The number of benzene rings is 4. The number of anilines is 1. The lowest BCUT2D eigenvalue weighted by molar-refractivity contribution is -0.383. The third-order valence-corrected chi connectivity index (χ3v) is 10.6. The van der Waals surface area contributed by atoms with Crippen molar-refractivity contribution >= 4 is 73.2 Å². The number of carbonyl (C=O) groups is 4. The monoisotopic (exact) mass is 901 g/mol. The largest absolute Gasteiger partial charge is 0.497 e. The third kappa shape index (κ3) is 9.73. The molecular formula is C41H37F6N7O10. The van der Waals surface area contributed by atoms with Crippen molar-refractivity contribution in [2.75, 3.05) is 64.8 Å². The zero-order valence-electron chi connectivity index (χ0n) is 33.5. The number of nitrogens with zero attached hydrogens (tertiary/aromatic N) is 6. The van der Waals surface area contributed by atoms with Gasteiger partial charge in [-0.25, -0.2) is 14.6 Å². The molecule has 6 aromatic rings. The Kier molecular flexibility index (Phi) is 13.5. The number of ether oxygens (including phenoxy) is 1. The Morgan fingerprint density at radius 3 is 1.97 bits per heavy atom. The van der Waals surface area contributed by atoms with Gasteiger partial charge in [-0.15, -0.1) is 0 Å². The molecule has 0 atom stereocenters. The van der Waals surface area contributed by atoms with Crippen LogP contribution in [0.25, 0.3) is 38.1 Å². The van der Waals surface area contributed by atoms with Gasteiger partial charge in [0.15, 0.2) is 5.43 Å². The number of methoxy groups -OCH3 is 1. The zero-order chi connectivity index (χ0) is 46.7. The molecule has 1 saturated heterocycles. The molecule has 4 heterocycles. The van der Waals surface area contributed by atoms with E-state index in [0.29, 0.717) is 51.4 Å². The van der Waals surface area contributed by atoms with E-state index in [0.717, 1.165) is 67.9 Å². The second kappa shape index (κ2) is 18.7. The number of non-ortho nitro benzene ring substituents is 1. The molecule has 0 saturated carbocycles. The van der Waals surface area contributed by atoms with Crippen LogP contribution in [0, 0.1) is 10.1 Å². The van der Waals surface area contributed by atoms with Crippen LogP contribution in [-0.2, 0) is 9.59 Å². The number of amides is 2. The molecule has 338 valence electrons. The van der Waals surface area contributed by atoms with Crippen LogP contribution in [0.5, 0.6) is 5.75 Å². The van der Waals surface area contributed by atoms with Gasteiger partial charge in [0.25, 0.3) is 17.5 Å². The molecule has 2 amide bonds. The van der Waals surface area contributed by atoms with Crippen LogP contribution in [0.3, 0.4) is 0 Å². The normalized spacial score (nSPS) is 14.6. The number of carbonyl (C=O) groups excluding carboxylic acids is 2. The maximum absolute atomic E-state index is 13.7. The topological polar surface area (TPSA) is 217 Å². The summed E-state index contributed by atoms with van der Waals surface area (Å²) in [5.74, 6) is -5.69. The van der Waals surface area contributed by atoms with Crippen molar-refractivity contribution in [3.8, 4) is 5.75 Å². The number of alkyl halides is 6.